The summed E-state index contributed by atoms with van der Waals surface area (Å²) >= 11 is 6.15. The number of hydrogen-bond acceptors (Lipinski definition) is 7. The third kappa shape index (κ3) is 4.13. The van der Waals surface area contributed by atoms with Gasteiger partial charge in [0.05, 0.1) is 28.5 Å². The van der Waals surface area contributed by atoms with Gasteiger partial charge in [0, 0.05) is 23.7 Å². The standard InChI is InChI=1S/C18H16ClN7O2S/c1-29(27,28)15-6-4-14(5-7-15)26-18(22-23-24-26)12-20-16-11-13(19)3-8-17(16)25-10-2-9-21-25/h2-11,20H,12H2,1H3. The number of benzene rings is 2. The van der Waals surface area contributed by atoms with Crippen LogP contribution in [0, 0.1) is 0 Å². The van der Waals surface area contributed by atoms with Crippen molar-refractivity contribution in [1.82, 2.24) is 30.0 Å². The number of sulfone groups is 1. The fraction of sp³-hybridized carbons (Fsp3) is 0.111. The van der Waals surface area contributed by atoms with Crippen LogP contribution in [0.2, 0.25) is 5.02 Å². The molecule has 0 aliphatic rings. The first kappa shape index (κ1) is 19.1. The van der Waals surface area contributed by atoms with Gasteiger partial charge in [0.15, 0.2) is 15.7 Å². The Bertz CT molecular complexity index is 1240. The smallest absolute Gasteiger partial charge is 0.175 e. The molecule has 0 amide bonds. The minimum Gasteiger partial charge on any atom is -0.376 e. The average molecular weight is 430 g/mol. The van der Waals surface area contributed by atoms with Gasteiger partial charge in [-0.3, -0.25) is 0 Å². The van der Waals surface area contributed by atoms with Gasteiger partial charge in [0.25, 0.3) is 0 Å². The molecule has 0 radical (unpaired) electrons. The van der Waals surface area contributed by atoms with Crippen molar-refractivity contribution in [3.8, 4) is 11.4 Å². The summed E-state index contributed by atoms with van der Waals surface area (Å²) in [6.07, 6.45) is 4.69. The highest BCUT2D eigenvalue weighted by atomic mass is 35.5. The number of aromatic nitrogens is 6. The Morgan fingerprint density at radius 3 is 2.62 bits per heavy atom. The van der Waals surface area contributed by atoms with Gasteiger partial charge in [-0.05, 0) is 59.0 Å². The van der Waals surface area contributed by atoms with Crippen LogP contribution in [0.3, 0.4) is 0 Å². The first-order chi connectivity index (χ1) is 13.9. The molecular weight excluding hydrogens is 414 g/mol. The summed E-state index contributed by atoms with van der Waals surface area (Å²) in [6, 6.07) is 13.6. The van der Waals surface area contributed by atoms with E-state index in [4.69, 9.17) is 11.6 Å². The molecule has 4 rings (SSSR count). The second kappa shape index (κ2) is 7.64. The fourth-order valence-corrected chi connectivity index (χ4v) is 3.59. The SMILES string of the molecule is CS(=O)(=O)c1ccc(-n2nnnc2CNc2cc(Cl)ccc2-n2cccn2)cc1. The maximum atomic E-state index is 11.6. The van der Waals surface area contributed by atoms with E-state index in [0.717, 1.165) is 17.6 Å². The number of anilines is 1. The summed E-state index contributed by atoms with van der Waals surface area (Å²) in [5.74, 6) is 0.545. The Labute approximate surface area is 171 Å². The highest BCUT2D eigenvalue weighted by molar-refractivity contribution is 7.90. The number of hydrogen-bond donors (Lipinski definition) is 1. The van der Waals surface area contributed by atoms with Crippen molar-refractivity contribution in [3.63, 3.8) is 0 Å². The van der Waals surface area contributed by atoms with Crippen LogP contribution in [0.4, 0.5) is 5.69 Å². The molecule has 4 aromatic rings. The van der Waals surface area contributed by atoms with E-state index in [1.54, 1.807) is 35.1 Å². The van der Waals surface area contributed by atoms with Crippen molar-refractivity contribution in [3.05, 3.63) is 71.8 Å². The Hall–Kier alpha value is -3.24. The summed E-state index contributed by atoms with van der Waals surface area (Å²) in [5.41, 5.74) is 2.25. The van der Waals surface area contributed by atoms with E-state index < -0.39 is 9.84 Å². The van der Waals surface area contributed by atoms with E-state index in [0.29, 0.717) is 23.1 Å². The van der Waals surface area contributed by atoms with Gasteiger partial charge in [0.1, 0.15) is 0 Å². The molecule has 1 N–H and O–H groups in total. The molecule has 0 aliphatic heterocycles. The van der Waals surface area contributed by atoms with Gasteiger partial charge in [-0.15, -0.1) is 5.10 Å². The van der Waals surface area contributed by atoms with Gasteiger partial charge < -0.3 is 5.32 Å². The molecule has 11 heteroatoms. The third-order valence-electron chi connectivity index (χ3n) is 4.19. The van der Waals surface area contributed by atoms with Crippen LogP contribution in [0.5, 0.6) is 0 Å². The lowest BCUT2D eigenvalue weighted by molar-refractivity contribution is 0.602. The van der Waals surface area contributed by atoms with Gasteiger partial charge in [-0.2, -0.15) is 9.78 Å². The first-order valence-electron chi connectivity index (χ1n) is 8.53. The molecule has 0 unspecified atom stereocenters. The van der Waals surface area contributed by atoms with Crippen molar-refractivity contribution in [2.45, 2.75) is 11.4 Å². The van der Waals surface area contributed by atoms with Gasteiger partial charge in [-0.1, -0.05) is 11.6 Å². The van der Waals surface area contributed by atoms with Crippen LogP contribution in [0.15, 0.2) is 65.8 Å². The van der Waals surface area contributed by atoms with E-state index in [2.05, 4.69) is 25.9 Å². The highest BCUT2D eigenvalue weighted by Gasteiger charge is 2.12. The van der Waals surface area contributed by atoms with Crippen LogP contribution in [0.25, 0.3) is 11.4 Å². The van der Waals surface area contributed by atoms with Crippen molar-refractivity contribution in [2.24, 2.45) is 0 Å². The molecule has 0 saturated carbocycles. The maximum Gasteiger partial charge on any atom is 0.175 e. The quantitative estimate of drug-likeness (QED) is 0.501. The van der Waals surface area contributed by atoms with Crippen LogP contribution in [-0.2, 0) is 16.4 Å². The maximum absolute atomic E-state index is 11.6. The van der Waals surface area contributed by atoms with Gasteiger partial charge >= 0.3 is 0 Å². The summed E-state index contributed by atoms with van der Waals surface area (Å²) in [6.45, 7) is 0.315. The van der Waals surface area contributed by atoms with Gasteiger partial charge in [0.2, 0.25) is 0 Å². The van der Waals surface area contributed by atoms with Crippen molar-refractivity contribution in [1.29, 1.82) is 0 Å². The van der Waals surface area contributed by atoms with Crippen molar-refractivity contribution in [2.75, 3.05) is 11.6 Å². The molecule has 0 atom stereocenters. The van der Waals surface area contributed by atoms with Crippen molar-refractivity contribution >= 4 is 27.1 Å². The summed E-state index contributed by atoms with van der Waals surface area (Å²) in [5, 5.41) is 19.9. The molecule has 0 spiro atoms. The summed E-state index contributed by atoms with van der Waals surface area (Å²) in [4.78, 5) is 0.233. The van der Waals surface area contributed by atoms with Gasteiger partial charge in [-0.25, -0.2) is 13.1 Å². The highest BCUT2D eigenvalue weighted by Crippen LogP contribution is 2.24. The molecule has 2 aromatic heterocycles. The lowest BCUT2D eigenvalue weighted by atomic mass is 10.2. The molecule has 0 bridgehead atoms. The first-order valence-corrected chi connectivity index (χ1v) is 10.8. The van der Waals surface area contributed by atoms with E-state index in [-0.39, 0.29) is 4.90 Å². The summed E-state index contributed by atoms with van der Waals surface area (Å²) in [7, 11) is -3.27. The second-order valence-corrected chi connectivity index (χ2v) is 8.69. The number of tetrazole rings is 1. The normalized spacial score (nSPS) is 11.5. The lowest BCUT2D eigenvalue weighted by Gasteiger charge is -2.12. The summed E-state index contributed by atoms with van der Waals surface area (Å²) < 4.78 is 26.5. The molecule has 0 saturated heterocycles. The minimum absolute atomic E-state index is 0.233. The molecule has 0 fully saturated rings. The molecule has 29 heavy (non-hydrogen) atoms. The van der Waals surface area contributed by atoms with Crippen molar-refractivity contribution < 1.29 is 8.42 Å². The monoisotopic (exact) mass is 429 g/mol. The molecule has 148 valence electrons. The molecule has 2 aromatic carbocycles. The molecule has 0 aliphatic carbocycles. The number of halogens is 1. The van der Waals surface area contributed by atoms with E-state index in [1.807, 2.05) is 18.3 Å². The van der Waals surface area contributed by atoms with Crippen LogP contribution in [-0.4, -0.2) is 44.7 Å². The number of rotatable bonds is 6. The molecule has 2 heterocycles. The fourth-order valence-electron chi connectivity index (χ4n) is 2.79. The largest absolute Gasteiger partial charge is 0.376 e. The molecular formula is C18H16ClN7O2S. The zero-order chi connectivity index (χ0) is 20.4. The Morgan fingerprint density at radius 2 is 1.93 bits per heavy atom. The van der Waals surface area contributed by atoms with Crippen LogP contribution < -0.4 is 5.32 Å². The van der Waals surface area contributed by atoms with E-state index >= 15 is 0 Å². The minimum atomic E-state index is -3.27. The van der Waals surface area contributed by atoms with E-state index in [1.165, 1.54) is 16.8 Å². The Kier molecular flexibility index (Phi) is 5.03. The third-order valence-corrected chi connectivity index (χ3v) is 5.55. The molecule has 9 nitrogen and oxygen atoms in total. The zero-order valence-electron chi connectivity index (χ0n) is 15.3. The Morgan fingerprint density at radius 1 is 1.14 bits per heavy atom. The number of nitrogens with one attached hydrogen (secondary N) is 1. The average Bonchev–Trinajstić information content (AvgIpc) is 3.38. The zero-order valence-corrected chi connectivity index (χ0v) is 16.8. The lowest BCUT2D eigenvalue weighted by Crippen LogP contribution is -2.10. The van der Waals surface area contributed by atoms with Crippen LogP contribution in [0.1, 0.15) is 5.82 Å². The van der Waals surface area contributed by atoms with E-state index in [9.17, 15) is 8.42 Å². The van der Waals surface area contributed by atoms with Crippen LogP contribution >= 0.6 is 11.6 Å². The second-order valence-electron chi connectivity index (χ2n) is 6.24. The topological polar surface area (TPSA) is 108 Å². The Balaban J connectivity index is 1.59. The number of nitrogens with zero attached hydrogens (tertiary/aromatic N) is 6. The predicted octanol–water partition coefficient (Wildman–Crippen LogP) is 2.52. The predicted molar refractivity (Wildman–Crippen MR) is 108 cm³/mol.